The van der Waals surface area contributed by atoms with E-state index < -0.39 is 11.9 Å². The second-order valence-corrected chi connectivity index (χ2v) is 7.68. The zero-order valence-electron chi connectivity index (χ0n) is 15.6. The van der Waals surface area contributed by atoms with Gasteiger partial charge < -0.3 is 15.3 Å². The molecule has 1 saturated heterocycles. The third-order valence-electron chi connectivity index (χ3n) is 4.64. The number of carbonyl (C=O) groups is 1. The van der Waals surface area contributed by atoms with Crippen molar-refractivity contribution >= 4 is 5.91 Å². The molecule has 0 spiro atoms. The molecule has 0 saturated carbocycles. The van der Waals surface area contributed by atoms with E-state index >= 15 is 0 Å². The van der Waals surface area contributed by atoms with Gasteiger partial charge in [0.05, 0.1) is 0 Å². The van der Waals surface area contributed by atoms with Crippen LogP contribution in [0.3, 0.4) is 0 Å². The third kappa shape index (κ3) is 3.51. The average molecular weight is 353 g/mol. The molecule has 1 fully saturated rings. The molecule has 3 N–H and O–H groups in total. The minimum Gasteiger partial charge on any atom is -0.361 e. The van der Waals surface area contributed by atoms with Crippen LogP contribution in [0.2, 0.25) is 0 Å². The number of nitrogens with zero attached hydrogens (tertiary/aromatic N) is 1. The molecule has 1 aliphatic heterocycles. The Morgan fingerprint density at radius 1 is 1.04 bits per heavy atom. The molecule has 2 aromatic carbocycles. The summed E-state index contributed by atoms with van der Waals surface area (Å²) in [6, 6.07) is 19.1. The molecule has 5 nitrogen and oxygen atoms in total. The zero-order valence-corrected chi connectivity index (χ0v) is 15.6. The lowest BCUT2D eigenvalue weighted by Gasteiger charge is -2.29. The van der Waals surface area contributed by atoms with E-state index in [-0.39, 0.29) is 11.4 Å². The largest absolute Gasteiger partial charge is 0.361 e. The average Bonchev–Trinajstić information content (AvgIpc) is 2.88. The van der Waals surface area contributed by atoms with Gasteiger partial charge in [-0.1, -0.05) is 60.7 Å². The monoisotopic (exact) mass is 353 g/mol. The first kappa shape index (κ1) is 18.6. The van der Waals surface area contributed by atoms with Gasteiger partial charge >= 0.3 is 0 Å². The maximum absolute atomic E-state index is 13.5. The first-order valence-corrected chi connectivity index (χ1v) is 8.97. The van der Waals surface area contributed by atoms with E-state index in [1.807, 2.05) is 60.7 Å². The van der Waals surface area contributed by atoms with Crippen molar-refractivity contribution in [2.75, 3.05) is 13.1 Å². The Kier molecular flexibility index (Phi) is 5.14. The molecular weight excluding hydrogens is 326 g/mol. The van der Waals surface area contributed by atoms with Gasteiger partial charge in [-0.15, -0.1) is 0 Å². The maximum Gasteiger partial charge on any atom is 0.255 e. The third-order valence-corrected chi connectivity index (χ3v) is 4.64. The molecule has 0 aromatic heterocycles. The molecule has 0 aliphatic carbocycles. The van der Waals surface area contributed by atoms with E-state index in [0.717, 1.165) is 11.1 Å². The van der Waals surface area contributed by atoms with Crippen LogP contribution in [0.1, 0.15) is 31.9 Å². The topological polar surface area (TPSA) is 64.6 Å². The van der Waals surface area contributed by atoms with Crippen molar-refractivity contribution in [1.82, 2.24) is 15.5 Å². The highest BCUT2D eigenvalue weighted by atomic mass is 16.3. The Labute approximate surface area is 155 Å². The van der Waals surface area contributed by atoms with Gasteiger partial charge in [0.1, 0.15) is 0 Å². The van der Waals surface area contributed by atoms with Gasteiger partial charge in [0.15, 0.2) is 11.9 Å². The summed E-state index contributed by atoms with van der Waals surface area (Å²) in [5.74, 6) is -0.141. The van der Waals surface area contributed by atoms with Crippen molar-refractivity contribution in [2.45, 2.75) is 38.2 Å². The SMILES string of the molecule is CC(C)(C)NCCN1C(=O)C(c2ccccc2)(c2ccccc2)NC1O. The molecule has 26 heavy (non-hydrogen) atoms. The molecule has 3 rings (SSSR count). The van der Waals surface area contributed by atoms with Crippen LogP contribution in [0.15, 0.2) is 60.7 Å². The van der Waals surface area contributed by atoms with E-state index in [4.69, 9.17) is 0 Å². The van der Waals surface area contributed by atoms with Gasteiger partial charge in [-0.2, -0.15) is 0 Å². The number of aliphatic hydroxyl groups is 1. The Balaban J connectivity index is 1.95. The molecule has 0 bridgehead atoms. The van der Waals surface area contributed by atoms with Gasteiger partial charge in [0.2, 0.25) is 0 Å². The molecule has 1 unspecified atom stereocenters. The Morgan fingerprint density at radius 2 is 1.54 bits per heavy atom. The van der Waals surface area contributed by atoms with E-state index in [0.29, 0.717) is 13.1 Å². The highest BCUT2D eigenvalue weighted by Gasteiger charge is 2.53. The van der Waals surface area contributed by atoms with Crippen LogP contribution in [-0.4, -0.2) is 40.9 Å². The van der Waals surface area contributed by atoms with Gasteiger partial charge in [-0.3, -0.25) is 10.1 Å². The number of aliphatic hydroxyl groups excluding tert-OH is 1. The predicted molar refractivity (Wildman–Crippen MR) is 102 cm³/mol. The fourth-order valence-electron chi connectivity index (χ4n) is 3.39. The smallest absolute Gasteiger partial charge is 0.255 e. The maximum atomic E-state index is 13.5. The van der Waals surface area contributed by atoms with Crippen molar-refractivity contribution < 1.29 is 9.90 Å². The van der Waals surface area contributed by atoms with E-state index in [1.165, 1.54) is 4.90 Å². The fraction of sp³-hybridized carbons (Fsp3) is 0.381. The summed E-state index contributed by atoms with van der Waals surface area (Å²) in [6.07, 6.45) is -1.04. The first-order chi connectivity index (χ1) is 12.3. The van der Waals surface area contributed by atoms with E-state index in [2.05, 4.69) is 31.4 Å². The molecule has 138 valence electrons. The lowest BCUT2D eigenvalue weighted by Crippen LogP contribution is -2.46. The van der Waals surface area contributed by atoms with Crippen LogP contribution in [0, 0.1) is 0 Å². The standard InChI is InChI=1S/C21H27N3O2/c1-20(2,3)22-14-15-24-18(25)21(23-19(24)26,16-10-6-4-7-11-16)17-12-8-5-9-13-17/h4-13,19,22-23,26H,14-15H2,1-3H3. The van der Waals surface area contributed by atoms with E-state index in [9.17, 15) is 9.90 Å². The highest BCUT2D eigenvalue weighted by Crippen LogP contribution is 2.36. The van der Waals surface area contributed by atoms with Crippen molar-refractivity contribution in [3.8, 4) is 0 Å². The number of hydrogen-bond donors (Lipinski definition) is 3. The van der Waals surface area contributed by atoms with Gasteiger partial charge in [0.25, 0.3) is 5.91 Å². The van der Waals surface area contributed by atoms with Crippen molar-refractivity contribution in [2.24, 2.45) is 0 Å². The van der Waals surface area contributed by atoms with Crippen LogP contribution < -0.4 is 10.6 Å². The minimum absolute atomic E-state index is 0.0445. The Hall–Kier alpha value is -2.21. The number of amides is 1. The molecule has 5 heteroatoms. The molecule has 2 aromatic rings. The molecule has 0 radical (unpaired) electrons. The first-order valence-electron chi connectivity index (χ1n) is 8.97. The summed E-state index contributed by atoms with van der Waals surface area (Å²) < 4.78 is 0. The summed E-state index contributed by atoms with van der Waals surface area (Å²) in [5, 5.41) is 17.1. The summed E-state index contributed by atoms with van der Waals surface area (Å²) in [6.45, 7) is 7.25. The fourth-order valence-corrected chi connectivity index (χ4v) is 3.39. The van der Waals surface area contributed by atoms with Crippen LogP contribution >= 0.6 is 0 Å². The van der Waals surface area contributed by atoms with Crippen LogP contribution in [0.4, 0.5) is 0 Å². The normalized spacial score (nSPS) is 19.8. The summed E-state index contributed by atoms with van der Waals surface area (Å²) in [4.78, 5) is 15.0. The van der Waals surface area contributed by atoms with Gasteiger partial charge in [0, 0.05) is 18.6 Å². The van der Waals surface area contributed by atoms with Crippen LogP contribution in [0.25, 0.3) is 0 Å². The molecule has 1 aliphatic rings. The number of hydrogen-bond acceptors (Lipinski definition) is 4. The van der Waals surface area contributed by atoms with Gasteiger partial charge in [-0.25, -0.2) is 0 Å². The predicted octanol–water partition coefficient (Wildman–Crippen LogP) is 2.03. The van der Waals surface area contributed by atoms with Crippen molar-refractivity contribution in [1.29, 1.82) is 0 Å². The Morgan fingerprint density at radius 3 is 2.00 bits per heavy atom. The second-order valence-electron chi connectivity index (χ2n) is 7.68. The van der Waals surface area contributed by atoms with Crippen molar-refractivity contribution in [3.05, 3.63) is 71.8 Å². The minimum atomic E-state index is -1.08. The highest BCUT2D eigenvalue weighted by molar-refractivity contribution is 5.93. The molecule has 1 heterocycles. The zero-order chi connectivity index (χ0) is 18.8. The Bertz CT molecular complexity index is 701. The molecule has 1 atom stereocenters. The van der Waals surface area contributed by atoms with Crippen molar-refractivity contribution in [3.63, 3.8) is 0 Å². The van der Waals surface area contributed by atoms with Crippen LogP contribution in [-0.2, 0) is 10.3 Å². The van der Waals surface area contributed by atoms with E-state index in [1.54, 1.807) is 0 Å². The number of nitrogens with one attached hydrogen (secondary N) is 2. The summed E-state index contributed by atoms with van der Waals surface area (Å²) >= 11 is 0. The molecular formula is C21H27N3O2. The van der Waals surface area contributed by atoms with Crippen LogP contribution in [0.5, 0.6) is 0 Å². The second kappa shape index (κ2) is 7.19. The summed E-state index contributed by atoms with van der Waals surface area (Å²) in [5.41, 5.74) is 0.517. The number of benzene rings is 2. The quantitative estimate of drug-likeness (QED) is 0.770. The van der Waals surface area contributed by atoms with Gasteiger partial charge in [-0.05, 0) is 31.9 Å². The molecule has 1 amide bonds. The number of carbonyl (C=O) groups excluding carboxylic acids is 1. The summed E-state index contributed by atoms with van der Waals surface area (Å²) in [7, 11) is 0. The lowest BCUT2D eigenvalue weighted by atomic mass is 9.82. The number of rotatable bonds is 5. The lowest BCUT2D eigenvalue weighted by molar-refractivity contribution is -0.135.